The third-order valence-electron chi connectivity index (χ3n) is 5.42. The van der Waals surface area contributed by atoms with Gasteiger partial charge in [0.05, 0.1) is 7.11 Å². The molecule has 1 aromatic carbocycles. The van der Waals surface area contributed by atoms with Gasteiger partial charge in [0.2, 0.25) is 0 Å². The molecule has 190 valence electrons. The van der Waals surface area contributed by atoms with Crippen molar-refractivity contribution in [3.05, 3.63) is 54.5 Å². The minimum absolute atomic E-state index is 0.0397. The van der Waals surface area contributed by atoms with Crippen molar-refractivity contribution in [1.82, 2.24) is 19.6 Å². The van der Waals surface area contributed by atoms with Crippen LogP contribution in [0.2, 0.25) is 0 Å². The molecule has 0 fully saturated rings. The lowest BCUT2D eigenvalue weighted by Crippen LogP contribution is -2.50. The summed E-state index contributed by atoms with van der Waals surface area (Å²) in [5, 5.41) is 1.71. The molecule has 2 amide bonds. The van der Waals surface area contributed by atoms with Crippen LogP contribution in [0.5, 0.6) is 5.75 Å². The van der Waals surface area contributed by atoms with Crippen molar-refractivity contribution < 1.29 is 35.9 Å². The predicted molar refractivity (Wildman–Crippen MR) is 117 cm³/mol. The third kappa shape index (κ3) is 6.80. The first-order valence-corrected chi connectivity index (χ1v) is 10.7. The van der Waals surface area contributed by atoms with E-state index in [2.05, 4.69) is 4.98 Å². The van der Waals surface area contributed by atoms with Crippen molar-refractivity contribution in [3.8, 4) is 16.9 Å². The van der Waals surface area contributed by atoms with E-state index in [-0.39, 0.29) is 13.1 Å². The molecule has 35 heavy (non-hydrogen) atoms. The van der Waals surface area contributed by atoms with Crippen molar-refractivity contribution in [1.29, 1.82) is 0 Å². The first-order chi connectivity index (χ1) is 16.4. The number of urea groups is 1. The third-order valence-corrected chi connectivity index (χ3v) is 5.42. The summed E-state index contributed by atoms with van der Waals surface area (Å²) >= 11 is 0. The minimum Gasteiger partial charge on any atom is -0.496 e. The smallest absolute Gasteiger partial charge is 0.408 e. The van der Waals surface area contributed by atoms with Crippen LogP contribution in [0.1, 0.15) is 25.3 Å². The Hall–Kier alpha value is -3.44. The molecule has 0 aliphatic heterocycles. The highest BCUT2D eigenvalue weighted by Crippen LogP contribution is 2.32. The van der Waals surface area contributed by atoms with Gasteiger partial charge in [-0.05, 0) is 43.2 Å². The second kappa shape index (κ2) is 10.4. The van der Waals surface area contributed by atoms with Gasteiger partial charge in [-0.25, -0.2) is 9.78 Å². The molecule has 1 N–H and O–H groups in total. The number of alkyl halides is 6. The average Bonchev–Trinajstić information content (AvgIpc) is 3.26. The summed E-state index contributed by atoms with van der Waals surface area (Å²) in [6, 6.07) is 5.02. The summed E-state index contributed by atoms with van der Waals surface area (Å²) in [7, 11) is 1.50. The van der Waals surface area contributed by atoms with E-state index in [0.29, 0.717) is 16.9 Å². The van der Waals surface area contributed by atoms with Crippen LogP contribution >= 0.6 is 0 Å². The number of hydrogen-bond donors (Lipinski definition) is 1. The molecule has 3 rings (SSSR count). The van der Waals surface area contributed by atoms with Gasteiger partial charge in [-0.2, -0.15) is 26.3 Å². The number of amides is 2. The van der Waals surface area contributed by atoms with Gasteiger partial charge in [0.25, 0.3) is 0 Å². The number of hydrogen-bond acceptors (Lipinski definition) is 3. The van der Waals surface area contributed by atoms with Gasteiger partial charge in [-0.1, -0.05) is 6.07 Å². The van der Waals surface area contributed by atoms with Gasteiger partial charge < -0.3 is 19.4 Å². The molecule has 1 atom stereocenters. The van der Waals surface area contributed by atoms with Crippen molar-refractivity contribution in [2.45, 2.75) is 44.7 Å². The number of rotatable bonds is 8. The van der Waals surface area contributed by atoms with E-state index in [0.717, 1.165) is 16.1 Å². The fraction of sp³-hybridized carbons (Fsp3) is 0.391. The van der Waals surface area contributed by atoms with Crippen molar-refractivity contribution in [2.24, 2.45) is 0 Å². The van der Waals surface area contributed by atoms with Crippen molar-refractivity contribution >= 4 is 11.7 Å². The van der Waals surface area contributed by atoms with Crippen LogP contribution in [0.15, 0.2) is 48.9 Å². The summed E-state index contributed by atoms with van der Waals surface area (Å²) in [5.74, 6) is 0.546. The SMILES string of the molecule is CCN(Cc1ccc(OC)c(-c2ccc3nccn3c2)c1)C(=O)NC(CCC(F)(F)F)C(F)(F)F. The van der Waals surface area contributed by atoms with Crippen LogP contribution in [0.25, 0.3) is 16.8 Å². The number of carbonyl (C=O) groups is 1. The number of pyridine rings is 1. The zero-order valence-electron chi connectivity index (χ0n) is 19.0. The highest BCUT2D eigenvalue weighted by atomic mass is 19.4. The van der Waals surface area contributed by atoms with Crippen LogP contribution in [0, 0.1) is 0 Å². The zero-order chi connectivity index (χ0) is 25.8. The van der Waals surface area contributed by atoms with Gasteiger partial charge in [0.1, 0.15) is 17.4 Å². The maximum absolute atomic E-state index is 13.2. The van der Waals surface area contributed by atoms with Gasteiger partial charge >= 0.3 is 18.4 Å². The molecule has 0 aliphatic carbocycles. The van der Waals surface area contributed by atoms with Gasteiger partial charge in [0.15, 0.2) is 0 Å². The van der Waals surface area contributed by atoms with Crippen LogP contribution < -0.4 is 10.1 Å². The summed E-state index contributed by atoms with van der Waals surface area (Å²) < 4.78 is 84.3. The standard InChI is InChI=1S/C23H24F6N4O2/c1-3-32(21(34)31-19(23(27,28)29)8-9-22(24,25)26)13-15-4-6-18(35-2)17(12-15)16-5-7-20-30-10-11-33(20)14-16/h4-7,10-12,14,19H,3,8-9,13H2,1-2H3,(H,31,34). The molecule has 0 spiro atoms. The Labute approximate surface area is 197 Å². The highest BCUT2D eigenvalue weighted by molar-refractivity contribution is 5.75. The van der Waals surface area contributed by atoms with E-state index in [1.165, 1.54) is 7.11 Å². The normalized spacial score (nSPS) is 13.0. The fourth-order valence-electron chi connectivity index (χ4n) is 3.57. The monoisotopic (exact) mass is 502 g/mol. The molecule has 6 nitrogen and oxygen atoms in total. The predicted octanol–water partition coefficient (Wildman–Crippen LogP) is 5.81. The van der Waals surface area contributed by atoms with E-state index in [9.17, 15) is 31.1 Å². The molecule has 3 aromatic rings. The number of nitrogens with one attached hydrogen (secondary N) is 1. The Bertz CT molecular complexity index is 1160. The van der Waals surface area contributed by atoms with E-state index in [1.807, 2.05) is 22.7 Å². The maximum atomic E-state index is 13.2. The van der Waals surface area contributed by atoms with E-state index < -0.39 is 37.3 Å². The zero-order valence-corrected chi connectivity index (χ0v) is 19.0. The van der Waals surface area contributed by atoms with Gasteiger partial charge in [0, 0.05) is 49.2 Å². The summed E-state index contributed by atoms with van der Waals surface area (Å²) in [4.78, 5) is 17.8. The van der Waals surface area contributed by atoms with Crippen LogP contribution in [0.3, 0.4) is 0 Å². The summed E-state index contributed by atoms with van der Waals surface area (Å²) in [5.41, 5.74) is 2.81. The molecular weight excluding hydrogens is 478 g/mol. The number of methoxy groups -OCH3 is 1. The lowest BCUT2D eigenvalue weighted by atomic mass is 10.0. The maximum Gasteiger partial charge on any atom is 0.408 e. The van der Waals surface area contributed by atoms with E-state index >= 15 is 0 Å². The van der Waals surface area contributed by atoms with E-state index in [1.54, 1.807) is 42.8 Å². The molecule has 0 radical (unpaired) electrons. The van der Waals surface area contributed by atoms with Crippen LogP contribution in [-0.4, -0.2) is 52.4 Å². The second-order valence-corrected chi connectivity index (χ2v) is 7.86. The number of fused-ring (bicyclic) bond motifs is 1. The minimum atomic E-state index is -5.01. The number of ether oxygens (including phenoxy) is 1. The Morgan fingerprint density at radius 3 is 2.54 bits per heavy atom. The van der Waals surface area contributed by atoms with Crippen molar-refractivity contribution in [2.75, 3.05) is 13.7 Å². The number of halogens is 6. The molecule has 0 saturated heterocycles. The van der Waals surface area contributed by atoms with Gasteiger partial charge in [-0.3, -0.25) is 0 Å². The quantitative estimate of drug-likeness (QED) is 0.396. The molecule has 12 heteroatoms. The topological polar surface area (TPSA) is 58.9 Å². The Morgan fingerprint density at radius 2 is 1.91 bits per heavy atom. The molecule has 0 saturated carbocycles. The number of benzene rings is 1. The Balaban J connectivity index is 1.80. The number of imidazole rings is 1. The average molecular weight is 502 g/mol. The van der Waals surface area contributed by atoms with Crippen LogP contribution in [0.4, 0.5) is 31.1 Å². The number of aromatic nitrogens is 2. The van der Waals surface area contributed by atoms with Gasteiger partial charge in [-0.15, -0.1) is 0 Å². The Kier molecular flexibility index (Phi) is 7.81. The number of nitrogens with zero attached hydrogens (tertiary/aromatic N) is 3. The second-order valence-electron chi connectivity index (χ2n) is 7.86. The first kappa shape index (κ1) is 26.2. The van der Waals surface area contributed by atoms with Crippen LogP contribution in [-0.2, 0) is 6.54 Å². The largest absolute Gasteiger partial charge is 0.496 e. The highest BCUT2D eigenvalue weighted by Gasteiger charge is 2.43. The summed E-state index contributed by atoms with van der Waals surface area (Å²) in [6.45, 7) is 1.55. The molecule has 1 unspecified atom stereocenters. The fourth-order valence-corrected chi connectivity index (χ4v) is 3.57. The molecule has 2 heterocycles. The van der Waals surface area contributed by atoms with E-state index in [4.69, 9.17) is 4.74 Å². The molecule has 0 aliphatic rings. The Morgan fingerprint density at radius 1 is 1.17 bits per heavy atom. The summed E-state index contributed by atoms with van der Waals surface area (Å²) in [6.07, 6.45) is -7.48. The number of carbonyl (C=O) groups excluding carboxylic acids is 1. The lowest BCUT2D eigenvalue weighted by molar-refractivity contribution is -0.171. The first-order valence-electron chi connectivity index (χ1n) is 10.7. The molecule has 0 bridgehead atoms. The lowest BCUT2D eigenvalue weighted by Gasteiger charge is -2.27. The molecular formula is C23H24F6N4O2. The molecule has 2 aromatic heterocycles. The van der Waals surface area contributed by atoms with Crippen molar-refractivity contribution in [3.63, 3.8) is 0 Å².